The number of halogens is 1. The molecule has 1 aromatic rings. The van der Waals surface area contributed by atoms with E-state index >= 15 is 0 Å². The Morgan fingerprint density at radius 3 is 2.62 bits per heavy atom. The number of hydrogen-bond donors (Lipinski definition) is 0. The lowest BCUT2D eigenvalue weighted by molar-refractivity contribution is 0.853. The second kappa shape index (κ2) is 5.13. The van der Waals surface area contributed by atoms with Crippen LogP contribution in [0.5, 0.6) is 0 Å². The van der Waals surface area contributed by atoms with Gasteiger partial charge in [0.25, 0.3) is 0 Å². The number of anilines is 1. The lowest BCUT2D eigenvalue weighted by Crippen LogP contribution is -2.19. The van der Waals surface area contributed by atoms with Crippen molar-refractivity contribution in [2.45, 2.75) is 13.3 Å². The zero-order chi connectivity index (χ0) is 9.68. The van der Waals surface area contributed by atoms with Crippen LogP contribution in [0.2, 0.25) is 0 Å². The first-order chi connectivity index (χ1) is 6.25. The molecule has 0 unspecified atom stereocenters. The molecule has 2 heteroatoms. The molecule has 0 heterocycles. The predicted molar refractivity (Wildman–Crippen MR) is 59.8 cm³/mol. The summed E-state index contributed by atoms with van der Waals surface area (Å²) in [7, 11) is 2.11. The van der Waals surface area contributed by atoms with Crippen LogP contribution in [0.15, 0.2) is 24.3 Å². The van der Waals surface area contributed by atoms with Crippen LogP contribution in [0.25, 0.3) is 0 Å². The van der Waals surface area contributed by atoms with E-state index in [-0.39, 0.29) is 0 Å². The Bertz CT molecular complexity index is 260. The molecule has 1 aromatic carbocycles. The average molecular weight is 198 g/mol. The summed E-state index contributed by atoms with van der Waals surface area (Å²) in [4.78, 5) is 2.25. The summed E-state index contributed by atoms with van der Waals surface area (Å²) in [6.45, 7) is 3.15. The van der Waals surface area contributed by atoms with E-state index in [0.29, 0.717) is 0 Å². The fourth-order valence-electron chi connectivity index (χ4n) is 1.41. The fraction of sp³-hybridized carbons (Fsp3) is 0.455. The van der Waals surface area contributed by atoms with Crippen molar-refractivity contribution in [2.24, 2.45) is 0 Å². The molecule has 0 aliphatic rings. The number of benzene rings is 1. The third kappa shape index (κ3) is 2.92. The maximum Gasteiger partial charge on any atom is 0.0393 e. The summed E-state index contributed by atoms with van der Waals surface area (Å²) in [6.07, 6.45) is 1.03. The minimum Gasteiger partial charge on any atom is -0.374 e. The molecule has 0 aliphatic heterocycles. The number of para-hydroxylation sites is 1. The van der Waals surface area contributed by atoms with Gasteiger partial charge in [-0.3, -0.25) is 0 Å². The Hall–Kier alpha value is -0.690. The molecule has 0 amide bonds. The van der Waals surface area contributed by atoms with Gasteiger partial charge in [0.2, 0.25) is 0 Å². The van der Waals surface area contributed by atoms with E-state index in [1.54, 1.807) is 0 Å². The highest BCUT2D eigenvalue weighted by Gasteiger charge is 2.01. The topological polar surface area (TPSA) is 3.24 Å². The molecule has 1 nitrogen and oxygen atoms in total. The number of nitrogens with zero attached hydrogens (tertiary/aromatic N) is 1. The summed E-state index contributed by atoms with van der Waals surface area (Å²) in [5, 5.41) is 0. The molecule has 0 saturated heterocycles. The molecule has 0 atom stereocenters. The van der Waals surface area contributed by atoms with Gasteiger partial charge in [0.1, 0.15) is 0 Å². The van der Waals surface area contributed by atoms with E-state index in [1.165, 1.54) is 11.3 Å². The van der Waals surface area contributed by atoms with Crippen LogP contribution in [0.1, 0.15) is 12.0 Å². The van der Waals surface area contributed by atoms with Gasteiger partial charge in [-0.2, -0.15) is 0 Å². The zero-order valence-corrected chi connectivity index (χ0v) is 9.01. The van der Waals surface area contributed by atoms with Crippen LogP contribution >= 0.6 is 11.6 Å². The van der Waals surface area contributed by atoms with Gasteiger partial charge in [-0.15, -0.1) is 11.6 Å². The van der Waals surface area contributed by atoms with Gasteiger partial charge in [-0.25, -0.2) is 0 Å². The normalized spacial score (nSPS) is 10.1. The molecule has 0 spiro atoms. The van der Waals surface area contributed by atoms with Gasteiger partial charge in [0, 0.05) is 25.2 Å². The number of hydrogen-bond acceptors (Lipinski definition) is 1. The second-order valence-corrected chi connectivity index (χ2v) is 3.63. The van der Waals surface area contributed by atoms with E-state index in [2.05, 4.69) is 43.1 Å². The van der Waals surface area contributed by atoms with Crippen LogP contribution in [-0.2, 0) is 0 Å². The molecule has 72 valence electrons. The standard InChI is InChI=1S/C11H16ClN/c1-10-6-3-4-7-11(10)13(2)9-5-8-12/h3-4,6-7H,5,8-9H2,1-2H3. The second-order valence-electron chi connectivity index (χ2n) is 3.25. The highest BCUT2D eigenvalue weighted by molar-refractivity contribution is 6.17. The summed E-state index contributed by atoms with van der Waals surface area (Å²) in [5.74, 6) is 0.732. The van der Waals surface area contributed by atoms with Crippen molar-refractivity contribution >= 4 is 17.3 Å². The molecule has 0 bridgehead atoms. The maximum absolute atomic E-state index is 5.65. The summed E-state index contributed by atoms with van der Waals surface area (Å²) in [6, 6.07) is 8.41. The number of aryl methyl sites for hydroxylation is 1. The van der Waals surface area contributed by atoms with Crippen LogP contribution in [-0.4, -0.2) is 19.5 Å². The van der Waals surface area contributed by atoms with Gasteiger partial charge >= 0.3 is 0 Å². The average Bonchev–Trinajstić information content (AvgIpc) is 2.15. The molecule has 0 N–H and O–H groups in total. The van der Waals surface area contributed by atoms with Gasteiger partial charge in [0.15, 0.2) is 0 Å². The predicted octanol–water partition coefficient (Wildman–Crippen LogP) is 3.06. The van der Waals surface area contributed by atoms with E-state index in [4.69, 9.17) is 11.6 Å². The highest BCUT2D eigenvalue weighted by Crippen LogP contribution is 2.17. The SMILES string of the molecule is Cc1ccccc1N(C)CCCCl. The fourth-order valence-corrected chi connectivity index (χ4v) is 1.53. The molecule has 1 rings (SSSR count). The summed E-state index contributed by atoms with van der Waals surface area (Å²) < 4.78 is 0. The summed E-state index contributed by atoms with van der Waals surface area (Å²) in [5.41, 5.74) is 2.62. The zero-order valence-electron chi connectivity index (χ0n) is 8.26. The van der Waals surface area contributed by atoms with Crippen LogP contribution in [0, 0.1) is 6.92 Å². The first kappa shape index (κ1) is 10.4. The van der Waals surface area contributed by atoms with Crippen molar-refractivity contribution in [1.29, 1.82) is 0 Å². The van der Waals surface area contributed by atoms with Crippen molar-refractivity contribution in [3.63, 3.8) is 0 Å². The maximum atomic E-state index is 5.65. The van der Waals surface area contributed by atoms with Crippen molar-refractivity contribution in [2.75, 3.05) is 24.4 Å². The molecule has 0 aliphatic carbocycles. The first-order valence-corrected chi connectivity index (χ1v) is 5.12. The van der Waals surface area contributed by atoms with Crippen molar-refractivity contribution in [1.82, 2.24) is 0 Å². The van der Waals surface area contributed by atoms with E-state index in [1.807, 2.05) is 0 Å². The Morgan fingerprint density at radius 2 is 2.00 bits per heavy atom. The third-order valence-corrected chi connectivity index (χ3v) is 2.42. The molecular formula is C11H16ClN. The van der Waals surface area contributed by atoms with Gasteiger partial charge in [-0.05, 0) is 25.0 Å². The van der Waals surface area contributed by atoms with Gasteiger partial charge in [0.05, 0.1) is 0 Å². The van der Waals surface area contributed by atoms with E-state index < -0.39 is 0 Å². The largest absolute Gasteiger partial charge is 0.374 e. The lowest BCUT2D eigenvalue weighted by atomic mass is 10.2. The van der Waals surface area contributed by atoms with Gasteiger partial charge < -0.3 is 4.90 Å². The van der Waals surface area contributed by atoms with Crippen molar-refractivity contribution < 1.29 is 0 Å². The first-order valence-electron chi connectivity index (χ1n) is 4.58. The minimum atomic E-state index is 0.732. The van der Waals surface area contributed by atoms with Crippen LogP contribution in [0.3, 0.4) is 0 Å². The molecule has 0 radical (unpaired) electrons. The number of alkyl halides is 1. The Balaban J connectivity index is 2.65. The van der Waals surface area contributed by atoms with Gasteiger partial charge in [-0.1, -0.05) is 18.2 Å². The molecule has 0 fully saturated rings. The molecular weight excluding hydrogens is 182 g/mol. The molecule has 0 saturated carbocycles. The Morgan fingerprint density at radius 1 is 1.31 bits per heavy atom. The quantitative estimate of drug-likeness (QED) is 0.671. The Kier molecular flexibility index (Phi) is 4.10. The smallest absolute Gasteiger partial charge is 0.0393 e. The number of rotatable bonds is 4. The minimum absolute atomic E-state index is 0.732. The lowest BCUT2D eigenvalue weighted by Gasteiger charge is -2.20. The Labute approximate surface area is 85.3 Å². The molecule has 13 heavy (non-hydrogen) atoms. The van der Waals surface area contributed by atoms with E-state index in [9.17, 15) is 0 Å². The van der Waals surface area contributed by atoms with Crippen LogP contribution in [0.4, 0.5) is 5.69 Å². The van der Waals surface area contributed by atoms with Crippen molar-refractivity contribution in [3.8, 4) is 0 Å². The summed E-state index contributed by atoms with van der Waals surface area (Å²) >= 11 is 5.65. The monoisotopic (exact) mass is 197 g/mol. The van der Waals surface area contributed by atoms with Crippen molar-refractivity contribution in [3.05, 3.63) is 29.8 Å². The highest BCUT2D eigenvalue weighted by atomic mass is 35.5. The van der Waals surface area contributed by atoms with E-state index in [0.717, 1.165) is 18.8 Å². The molecule has 0 aromatic heterocycles. The third-order valence-electron chi connectivity index (χ3n) is 2.15. The van der Waals surface area contributed by atoms with Crippen LogP contribution < -0.4 is 4.90 Å².